The second-order valence-electron chi connectivity index (χ2n) is 4.89. The monoisotopic (exact) mass is 293 g/mol. The van der Waals surface area contributed by atoms with Gasteiger partial charge in [-0.3, -0.25) is 0 Å². The molecule has 0 radical (unpaired) electrons. The number of benzene rings is 1. The first-order valence-electron chi connectivity index (χ1n) is 7.75. The maximum atomic E-state index is 12.0. The van der Waals surface area contributed by atoms with E-state index in [9.17, 15) is 4.79 Å². The molecule has 0 spiro atoms. The van der Waals surface area contributed by atoms with Gasteiger partial charge in [0.25, 0.3) is 0 Å². The van der Waals surface area contributed by atoms with E-state index in [0.717, 1.165) is 18.5 Å². The highest BCUT2D eigenvalue weighted by Gasteiger charge is 2.16. The number of rotatable bonds is 9. The molecule has 0 saturated heterocycles. The molecule has 0 heterocycles. The zero-order valence-corrected chi connectivity index (χ0v) is 13.6. The zero-order chi connectivity index (χ0) is 15.7. The summed E-state index contributed by atoms with van der Waals surface area (Å²) >= 11 is 0. The summed E-state index contributed by atoms with van der Waals surface area (Å²) in [4.78, 5) is 12.0. The van der Waals surface area contributed by atoms with Crippen LogP contribution in [0.15, 0.2) is 18.2 Å². The van der Waals surface area contributed by atoms with Crippen LogP contribution in [0.2, 0.25) is 0 Å². The summed E-state index contributed by atoms with van der Waals surface area (Å²) in [5.74, 6) is -0.248. The Morgan fingerprint density at radius 1 is 1.14 bits per heavy atom. The fraction of sp³-hybridized carbons (Fsp3) is 0.588. The molecule has 0 unspecified atom stereocenters. The van der Waals surface area contributed by atoms with Crippen LogP contribution in [0.3, 0.4) is 0 Å². The number of para-hydroxylation sites is 1. The van der Waals surface area contributed by atoms with E-state index < -0.39 is 0 Å². The van der Waals surface area contributed by atoms with Crippen molar-refractivity contribution in [3.05, 3.63) is 29.3 Å². The van der Waals surface area contributed by atoms with Gasteiger partial charge in [-0.15, -0.1) is 0 Å². The lowest BCUT2D eigenvalue weighted by Gasteiger charge is -2.19. The average molecular weight is 293 g/mol. The van der Waals surface area contributed by atoms with Gasteiger partial charge >= 0.3 is 5.97 Å². The molecule has 0 aliphatic heterocycles. The number of esters is 1. The normalized spacial score (nSPS) is 12.0. The SMILES string of the molecule is CCOCCOC(=O)[C@H](C)Nc1c(CC)cccc1CC. The largest absolute Gasteiger partial charge is 0.462 e. The first kappa shape index (κ1) is 17.5. The fourth-order valence-corrected chi connectivity index (χ4v) is 2.17. The summed E-state index contributed by atoms with van der Waals surface area (Å²) in [6.45, 7) is 9.36. The molecule has 1 N–H and O–H groups in total. The molecule has 0 aliphatic carbocycles. The van der Waals surface area contributed by atoms with Gasteiger partial charge in [-0.05, 0) is 37.8 Å². The van der Waals surface area contributed by atoms with Crippen LogP contribution in [0, 0.1) is 0 Å². The second kappa shape index (κ2) is 9.40. The van der Waals surface area contributed by atoms with Crippen LogP contribution in [0.1, 0.15) is 38.8 Å². The molecular weight excluding hydrogens is 266 g/mol. The molecular formula is C17H27NO3. The number of carbonyl (C=O) groups is 1. The van der Waals surface area contributed by atoms with Crippen molar-refractivity contribution in [2.75, 3.05) is 25.1 Å². The van der Waals surface area contributed by atoms with E-state index in [0.29, 0.717) is 19.8 Å². The van der Waals surface area contributed by atoms with Gasteiger partial charge in [-0.1, -0.05) is 32.0 Å². The lowest BCUT2D eigenvalue weighted by atomic mass is 10.0. The molecule has 1 atom stereocenters. The minimum absolute atomic E-state index is 0.248. The number of nitrogens with one attached hydrogen (secondary N) is 1. The van der Waals surface area contributed by atoms with E-state index in [1.54, 1.807) is 0 Å². The van der Waals surface area contributed by atoms with Gasteiger partial charge in [-0.2, -0.15) is 0 Å². The van der Waals surface area contributed by atoms with Gasteiger partial charge in [0, 0.05) is 12.3 Å². The first-order chi connectivity index (χ1) is 10.1. The molecule has 1 aromatic rings. The van der Waals surface area contributed by atoms with Crippen LogP contribution in [0.25, 0.3) is 0 Å². The number of aryl methyl sites for hydroxylation is 2. The molecule has 0 aromatic heterocycles. The number of ether oxygens (including phenoxy) is 2. The predicted octanol–water partition coefficient (Wildman–Crippen LogP) is 3.19. The van der Waals surface area contributed by atoms with Crippen LogP contribution in [0.4, 0.5) is 5.69 Å². The maximum Gasteiger partial charge on any atom is 0.328 e. The standard InChI is InChI=1S/C17H27NO3/c1-5-14-9-8-10-15(6-2)16(14)18-13(4)17(19)21-12-11-20-7-3/h8-10,13,18H,5-7,11-12H2,1-4H3/t13-/m0/s1. The topological polar surface area (TPSA) is 47.6 Å². The van der Waals surface area contributed by atoms with Crippen molar-refractivity contribution in [2.45, 2.75) is 46.6 Å². The molecule has 4 nitrogen and oxygen atoms in total. The van der Waals surface area contributed by atoms with E-state index in [1.807, 2.05) is 13.8 Å². The molecule has 21 heavy (non-hydrogen) atoms. The highest BCUT2D eigenvalue weighted by molar-refractivity contribution is 5.79. The Kier molecular flexibility index (Phi) is 7.83. The Morgan fingerprint density at radius 3 is 2.29 bits per heavy atom. The number of carbonyl (C=O) groups excluding carboxylic acids is 1. The molecule has 0 amide bonds. The molecule has 0 bridgehead atoms. The summed E-state index contributed by atoms with van der Waals surface area (Å²) in [6, 6.07) is 5.88. The van der Waals surface area contributed by atoms with Crippen molar-refractivity contribution in [1.29, 1.82) is 0 Å². The van der Waals surface area contributed by atoms with Crippen LogP contribution in [-0.2, 0) is 27.1 Å². The van der Waals surface area contributed by atoms with E-state index >= 15 is 0 Å². The van der Waals surface area contributed by atoms with Crippen LogP contribution in [0.5, 0.6) is 0 Å². The van der Waals surface area contributed by atoms with Gasteiger partial charge < -0.3 is 14.8 Å². The van der Waals surface area contributed by atoms with Gasteiger partial charge in [0.05, 0.1) is 6.61 Å². The zero-order valence-electron chi connectivity index (χ0n) is 13.6. The first-order valence-corrected chi connectivity index (χ1v) is 7.75. The van der Waals surface area contributed by atoms with Crippen molar-refractivity contribution in [2.24, 2.45) is 0 Å². The third-order valence-electron chi connectivity index (χ3n) is 3.39. The molecule has 1 rings (SSSR count). The Labute approximate surface area is 127 Å². The summed E-state index contributed by atoms with van der Waals surface area (Å²) in [5.41, 5.74) is 3.52. The lowest BCUT2D eigenvalue weighted by molar-refractivity contribution is -0.145. The summed E-state index contributed by atoms with van der Waals surface area (Å²) in [6.07, 6.45) is 1.87. The minimum Gasteiger partial charge on any atom is -0.462 e. The molecule has 0 aliphatic rings. The highest BCUT2D eigenvalue weighted by atomic mass is 16.6. The molecule has 0 fully saturated rings. The minimum atomic E-state index is -0.371. The van der Waals surface area contributed by atoms with E-state index in [1.165, 1.54) is 11.1 Å². The fourth-order valence-electron chi connectivity index (χ4n) is 2.17. The highest BCUT2D eigenvalue weighted by Crippen LogP contribution is 2.23. The maximum absolute atomic E-state index is 12.0. The van der Waals surface area contributed by atoms with Crippen molar-refractivity contribution in [3.8, 4) is 0 Å². The quantitative estimate of drug-likeness (QED) is 0.561. The van der Waals surface area contributed by atoms with Gasteiger partial charge in [0.2, 0.25) is 0 Å². The number of hydrogen-bond acceptors (Lipinski definition) is 4. The van der Waals surface area contributed by atoms with Crippen molar-refractivity contribution < 1.29 is 14.3 Å². The Bertz CT molecular complexity index is 423. The van der Waals surface area contributed by atoms with Gasteiger partial charge in [0.15, 0.2) is 0 Å². The average Bonchev–Trinajstić information content (AvgIpc) is 2.51. The molecule has 0 saturated carbocycles. The van der Waals surface area contributed by atoms with Crippen molar-refractivity contribution in [1.82, 2.24) is 0 Å². The Hall–Kier alpha value is -1.55. The Morgan fingerprint density at radius 2 is 1.76 bits per heavy atom. The predicted molar refractivity (Wildman–Crippen MR) is 85.7 cm³/mol. The molecule has 118 valence electrons. The third-order valence-corrected chi connectivity index (χ3v) is 3.39. The second-order valence-corrected chi connectivity index (χ2v) is 4.89. The summed E-state index contributed by atoms with van der Waals surface area (Å²) in [5, 5.41) is 3.31. The molecule has 4 heteroatoms. The van der Waals surface area contributed by atoms with Gasteiger partial charge in [-0.25, -0.2) is 4.79 Å². The van der Waals surface area contributed by atoms with Crippen LogP contribution >= 0.6 is 0 Å². The third kappa shape index (κ3) is 5.38. The smallest absolute Gasteiger partial charge is 0.328 e. The number of anilines is 1. The van der Waals surface area contributed by atoms with E-state index in [2.05, 4.69) is 37.4 Å². The van der Waals surface area contributed by atoms with Crippen molar-refractivity contribution >= 4 is 11.7 Å². The van der Waals surface area contributed by atoms with E-state index in [-0.39, 0.29) is 12.0 Å². The number of hydrogen-bond donors (Lipinski definition) is 1. The summed E-state index contributed by atoms with van der Waals surface area (Å²) < 4.78 is 10.4. The summed E-state index contributed by atoms with van der Waals surface area (Å²) in [7, 11) is 0. The van der Waals surface area contributed by atoms with E-state index in [4.69, 9.17) is 9.47 Å². The molecule has 1 aromatic carbocycles. The van der Waals surface area contributed by atoms with Gasteiger partial charge in [0.1, 0.15) is 12.6 Å². The van der Waals surface area contributed by atoms with Crippen molar-refractivity contribution in [3.63, 3.8) is 0 Å². The van der Waals surface area contributed by atoms with Crippen LogP contribution < -0.4 is 5.32 Å². The van der Waals surface area contributed by atoms with Crippen LogP contribution in [-0.4, -0.2) is 31.8 Å². The Balaban J connectivity index is 2.65. The lowest BCUT2D eigenvalue weighted by Crippen LogP contribution is -2.30.